The number of halogens is 2. The molecule has 122 valence electrons. The number of aryl methyl sites for hydroxylation is 2. The van der Waals surface area contributed by atoms with Gasteiger partial charge in [0.05, 0.1) is 26.3 Å². The van der Waals surface area contributed by atoms with E-state index in [0.717, 1.165) is 21.8 Å². The first kappa shape index (κ1) is 17.0. The standard InChI is InChI=1S/C18H14Cl2N2OS/c1-10-3-5-13(16(20)7-10)18(23)22-12-4-6-15(19)14(8-12)17-9-24-11(2)21-17/h3-9H,1-2H3,(H,22,23). The highest BCUT2D eigenvalue weighted by Crippen LogP contribution is 2.31. The van der Waals surface area contributed by atoms with E-state index in [4.69, 9.17) is 23.2 Å². The predicted octanol–water partition coefficient (Wildman–Crippen LogP) is 5.99. The number of thiazole rings is 1. The van der Waals surface area contributed by atoms with E-state index >= 15 is 0 Å². The minimum atomic E-state index is -0.261. The molecule has 3 rings (SSSR count). The van der Waals surface area contributed by atoms with Gasteiger partial charge in [0, 0.05) is 16.6 Å². The van der Waals surface area contributed by atoms with Gasteiger partial charge in [-0.3, -0.25) is 4.79 Å². The molecule has 0 radical (unpaired) electrons. The van der Waals surface area contributed by atoms with Crippen LogP contribution < -0.4 is 5.32 Å². The van der Waals surface area contributed by atoms with Crippen LogP contribution in [0.2, 0.25) is 10.0 Å². The zero-order valence-corrected chi connectivity index (χ0v) is 15.4. The highest BCUT2D eigenvalue weighted by Gasteiger charge is 2.13. The summed E-state index contributed by atoms with van der Waals surface area (Å²) in [7, 11) is 0. The normalized spacial score (nSPS) is 10.7. The Labute approximate surface area is 154 Å². The number of nitrogens with one attached hydrogen (secondary N) is 1. The Hall–Kier alpha value is -1.88. The number of amides is 1. The molecule has 1 amide bonds. The van der Waals surface area contributed by atoms with Crippen LogP contribution in [0.25, 0.3) is 11.3 Å². The van der Waals surface area contributed by atoms with Crippen molar-refractivity contribution in [3.63, 3.8) is 0 Å². The molecule has 1 N–H and O–H groups in total. The maximum absolute atomic E-state index is 12.4. The minimum absolute atomic E-state index is 0.261. The summed E-state index contributed by atoms with van der Waals surface area (Å²) in [6.07, 6.45) is 0. The van der Waals surface area contributed by atoms with E-state index in [1.54, 1.807) is 35.6 Å². The van der Waals surface area contributed by atoms with Gasteiger partial charge in [-0.15, -0.1) is 11.3 Å². The molecule has 0 saturated heterocycles. The number of hydrogen-bond donors (Lipinski definition) is 1. The third-order valence-corrected chi connectivity index (χ3v) is 4.90. The number of benzene rings is 2. The van der Waals surface area contributed by atoms with Gasteiger partial charge < -0.3 is 5.32 Å². The summed E-state index contributed by atoms with van der Waals surface area (Å²) >= 11 is 14.0. The van der Waals surface area contributed by atoms with Crippen molar-refractivity contribution in [2.24, 2.45) is 0 Å². The summed E-state index contributed by atoms with van der Waals surface area (Å²) < 4.78 is 0. The summed E-state index contributed by atoms with van der Waals surface area (Å²) in [5.41, 5.74) is 3.66. The van der Waals surface area contributed by atoms with Crippen LogP contribution in [0.1, 0.15) is 20.9 Å². The lowest BCUT2D eigenvalue weighted by atomic mass is 10.1. The Balaban J connectivity index is 1.89. The molecule has 1 heterocycles. The average molecular weight is 377 g/mol. The smallest absolute Gasteiger partial charge is 0.257 e. The van der Waals surface area contributed by atoms with Crippen LogP contribution in [-0.2, 0) is 0 Å². The molecule has 6 heteroatoms. The van der Waals surface area contributed by atoms with Crippen LogP contribution in [-0.4, -0.2) is 10.9 Å². The second-order valence-corrected chi connectivity index (χ2v) is 7.26. The lowest BCUT2D eigenvalue weighted by Gasteiger charge is -2.09. The Morgan fingerprint density at radius 3 is 2.54 bits per heavy atom. The van der Waals surface area contributed by atoms with Crippen LogP contribution >= 0.6 is 34.5 Å². The van der Waals surface area contributed by atoms with E-state index in [0.29, 0.717) is 21.3 Å². The molecule has 24 heavy (non-hydrogen) atoms. The summed E-state index contributed by atoms with van der Waals surface area (Å²) in [5, 5.41) is 6.78. The minimum Gasteiger partial charge on any atom is -0.322 e. The van der Waals surface area contributed by atoms with E-state index in [1.807, 2.05) is 31.4 Å². The number of carbonyl (C=O) groups is 1. The van der Waals surface area contributed by atoms with Crippen LogP contribution in [0.4, 0.5) is 5.69 Å². The molecule has 0 fully saturated rings. The number of aromatic nitrogens is 1. The molecule has 0 spiro atoms. The molecule has 0 atom stereocenters. The van der Waals surface area contributed by atoms with Crippen molar-refractivity contribution in [3.05, 3.63) is 68.0 Å². The quantitative estimate of drug-likeness (QED) is 0.610. The van der Waals surface area contributed by atoms with Crippen LogP contribution in [0.5, 0.6) is 0 Å². The molecule has 0 unspecified atom stereocenters. The van der Waals surface area contributed by atoms with Crippen molar-refractivity contribution < 1.29 is 4.79 Å². The molecule has 3 nitrogen and oxygen atoms in total. The van der Waals surface area contributed by atoms with Crippen molar-refractivity contribution in [1.82, 2.24) is 4.98 Å². The van der Waals surface area contributed by atoms with Crippen LogP contribution in [0.3, 0.4) is 0 Å². The third-order valence-electron chi connectivity index (χ3n) is 3.49. The van der Waals surface area contributed by atoms with Gasteiger partial charge in [0.2, 0.25) is 0 Å². The molecule has 0 aliphatic carbocycles. The molecule has 0 saturated carbocycles. The van der Waals surface area contributed by atoms with Crippen molar-refractivity contribution in [2.75, 3.05) is 5.32 Å². The third kappa shape index (κ3) is 3.61. The second-order valence-electron chi connectivity index (χ2n) is 5.38. The van der Waals surface area contributed by atoms with Gasteiger partial charge in [-0.05, 0) is 49.7 Å². The zero-order valence-electron chi connectivity index (χ0n) is 13.1. The van der Waals surface area contributed by atoms with Gasteiger partial charge in [0.15, 0.2) is 0 Å². The summed E-state index contributed by atoms with van der Waals surface area (Å²) in [6.45, 7) is 3.86. The van der Waals surface area contributed by atoms with E-state index in [1.165, 1.54) is 0 Å². The molecule has 0 aliphatic heterocycles. The topological polar surface area (TPSA) is 42.0 Å². The highest BCUT2D eigenvalue weighted by molar-refractivity contribution is 7.09. The maximum Gasteiger partial charge on any atom is 0.257 e. The Kier molecular flexibility index (Phi) is 4.90. The fraction of sp³-hybridized carbons (Fsp3) is 0.111. The first-order valence-electron chi connectivity index (χ1n) is 7.23. The maximum atomic E-state index is 12.4. The number of hydrogen-bond acceptors (Lipinski definition) is 3. The summed E-state index contributed by atoms with van der Waals surface area (Å²) in [5.74, 6) is -0.261. The Bertz CT molecular complexity index is 921. The van der Waals surface area contributed by atoms with Crippen molar-refractivity contribution >= 4 is 46.1 Å². The zero-order chi connectivity index (χ0) is 17.3. The lowest BCUT2D eigenvalue weighted by Crippen LogP contribution is -2.12. The monoisotopic (exact) mass is 376 g/mol. The summed E-state index contributed by atoms with van der Waals surface area (Å²) in [4.78, 5) is 16.9. The van der Waals surface area contributed by atoms with Gasteiger partial charge in [-0.25, -0.2) is 4.98 Å². The largest absolute Gasteiger partial charge is 0.322 e. The van der Waals surface area contributed by atoms with Crippen molar-refractivity contribution in [2.45, 2.75) is 13.8 Å². The number of rotatable bonds is 3. The van der Waals surface area contributed by atoms with Crippen molar-refractivity contribution in [3.8, 4) is 11.3 Å². The van der Waals surface area contributed by atoms with Gasteiger partial charge >= 0.3 is 0 Å². The van der Waals surface area contributed by atoms with Gasteiger partial charge in [-0.1, -0.05) is 29.3 Å². The fourth-order valence-corrected chi connectivity index (χ4v) is 3.44. The molecule has 0 bridgehead atoms. The number of carbonyl (C=O) groups excluding carboxylic acids is 1. The molecule has 1 aromatic heterocycles. The highest BCUT2D eigenvalue weighted by atomic mass is 35.5. The second kappa shape index (κ2) is 6.93. The molecule has 0 aliphatic rings. The fourth-order valence-electron chi connectivity index (χ4n) is 2.29. The van der Waals surface area contributed by atoms with Crippen LogP contribution in [0, 0.1) is 13.8 Å². The predicted molar refractivity (Wildman–Crippen MR) is 101 cm³/mol. The Morgan fingerprint density at radius 1 is 1.08 bits per heavy atom. The van der Waals surface area contributed by atoms with E-state index < -0.39 is 0 Å². The molecular formula is C18H14Cl2N2OS. The summed E-state index contributed by atoms with van der Waals surface area (Å²) in [6, 6.07) is 10.7. The molecule has 3 aromatic rings. The Morgan fingerprint density at radius 2 is 1.88 bits per heavy atom. The SMILES string of the molecule is Cc1ccc(C(=O)Nc2ccc(Cl)c(-c3csc(C)n3)c2)c(Cl)c1. The van der Waals surface area contributed by atoms with E-state index in [9.17, 15) is 4.79 Å². The van der Waals surface area contributed by atoms with E-state index in [-0.39, 0.29) is 5.91 Å². The molecular weight excluding hydrogens is 363 g/mol. The average Bonchev–Trinajstić information content (AvgIpc) is 2.95. The molecule has 2 aromatic carbocycles. The van der Waals surface area contributed by atoms with E-state index in [2.05, 4.69) is 10.3 Å². The van der Waals surface area contributed by atoms with Gasteiger partial charge in [0.25, 0.3) is 5.91 Å². The lowest BCUT2D eigenvalue weighted by molar-refractivity contribution is 0.102. The first-order chi connectivity index (χ1) is 11.4. The number of anilines is 1. The first-order valence-corrected chi connectivity index (χ1v) is 8.87. The van der Waals surface area contributed by atoms with Gasteiger partial charge in [-0.2, -0.15) is 0 Å². The van der Waals surface area contributed by atoms with Crippen LogP contribution in [0.15, 0.2) is 41.8 Å². The van der Waals surface area contributed by atoms with Crippen molar-refractivity contribution in [1.29, 1.82) is 0 Å². The van der Waals surface area contributed by atoms with Gasteiger partial charge in [0.1, 0.15) is 0 Å². The number of nitrogens with zero attached hydrogens (tertiary/aromatic N) is 1.